The highest BCUT2D eigenvalue weighted by Gasteiger charge is 1.89. The van der Waals surface area contributed by atoms with E-state index in [0.29, 0.717) is 0 Å². The highest BCUT2D eigenvalue weighted by molar-refractivity contribution is 14.1. The summed E-state index contributed by atoms with van der Waals surface area (Å²) in [5.74, 6) is 0. The fraction of sp³-hybridized carbons (Fsp3) is 0. The zero-order valence-electron chi connectivity index (χ0n) is 3.19. The first-order valence-electron chi connectivity index (χ1n) is 1.55. The zero-order valence-corrected chi connectivity index (χ0v) is 7.75. The fourth-order valence-corrected chi connectivity index (χ4v) is 2.18. The van der Waals surface area contributed by atoms with Gasteiger partial charge in [0.15, 0.2) is 3.01 Å². The minimum Gasteiger partial charge on any atom is -0.223 e. The van der Waals surface area contributed by atoms with Gasteiger partial charge in [0.1, 0.15) is 4.60 Å². The molecule has 0 aliphatic rings. The van der Waals surface area contributed by atoms with Crippen LogP contribution in [-0.2, 0) is 0 Å². The summed E-state index contributed by atoms with van der Waals surface area (Å²) < 4.78 is 2.01. The van der Waals surface area contributed by atoms with Crippen LogP contribution in [-0.4, -0.2) is 4.98 Å². The Labute approximate surface area is 67.4 Å². The molecule has 0 fully saturated rings. The first kappa shape index (κ1) is 5.97. The van der Waals surface area contributed by atoms with Crippen molar-refractivity contribution in [2.24, 2.45) is 0 Å². The van der Waals surface area contributed by atoms with Crippen molar-refractivity contribution in [2.75, 3.05) is 0 Å². The fourth-order valence-electron chi connectivity index (χ4n) is 0.234. The summed E-state index contributed by atoms with van der Waals surface area (Å²) in [4.78, 5) is 4.03. The molecule has 0 amide bonds. The van der Waals surface area contributed by atoms with Gasteiger partial charge in [-0.1, -0.05) is 0 Å². The van der Waals surface area contributed by atoms with E-state index < -0.39 is 0 Å². The molecular weight excluding hydrogens is 289 g/mol. The van der Waals surface area contributed by atoms with Gasteiger partial charge < -0.3 is 0 Å². The molecule has 0 spiro atoms. The van der Waals surface area contributed by atoms with Gasteiger partial charge in [-0.25, -0.2) is 4.98 Å². The highest BCUT2D eigenvalue weighted by Crippen LogP contribution is 2.15. The van der Waals surface area contributed by atoms with Gasteiger partial charge in [0, 0.05) is 5.38 Å². The molecule has 0 bridgehead atoms. The van der Waals surface area contributed by atoms with Crippen LogP contribution in [0, 0.1) is 3.01 Å². The number of hydrogen-bond acceptors (Lipinski definition) is 2. The van der Waals surface area contributed by atoms with Crippen LogP contribution in [0.5, 0.6) is 0 Å². The predicted octanol–water partition coefficient (Wildman–Crippen LogP) is 2.51. The second-order valence-electron chi connectivity index (χ2n) is 0.923. The molecule has 0 saturated heterocycles. The monoisotopic (exact) mass is 289 g/mol. The van der Waals surface area contributed by atoms with Crippen LogP contribution >= 0.6 is 49.9 Å². The van der Waals surface area contributed by atoms with E-state index in [-0.39, 0.29) is 0 Å². The Kier molecular flexibility index (Phi) is 2.05. The van der Waals surface area contributed by atoms with E-state index in [4.69, 9.17) is 0 Å². The molecule has 1 aromatic rings. The predicted molar refractivity (Wildman–Crippen MR) is 42.5 cm³/mol. The summed E-state index contributed by atoms with van der Waals surface area (Å²) in [6.07, 6.45) is 0. The molecule has 38 valence electrons. The molecule has 0 unspecified atom stereocenters. The number of hydrogen-bond donors (Lipinski definition) is 0. The molecule has 7 heavy (non-hydrogen) atoms. The summed E-state index contributed by atoms with van der Waals surface area (Å²) in [5.41, 5.74) is 0. The van der Waals surface area contributed by atoms with Crippen molar-refractivity contribution in [1.29, 1.82) is 0 Å². The van der Waals surface area contributed by atoms with Crippen LogP contribution in [0.4, 0.5) is 0 Å². The van der Waals surface area contributed by atoms with E-state index in [1.54, 1.807) is 11.3 Å². The summed E-state index contributed by atoms with van der Waals surface area (Å²) in [7, 11) is 0. The maximum atomic E-state index is 4.03. The topological polar surface area (TPSA) is 12.9 Å². The molecule has 1 heterocycles. The first-order chi connectivity index (χ1) is 3.29. The lowest BCUT2D eigenvalue weighted by atomic mass is 11.0. The van der Waals surface area contributed by atoms with Gasteiger partial charge in [0.05, 0.1) is 0 Å². The molecule has 0 aliphatic carbocycles. The van der Waals surface area contributed by atoms with E-state index in [2.05, 4.69) is 43.5 Å². The third-order valence-electron chi connectivity index (χ3n) is 0.448. The maximum Gasteiger partial charge on any atom is 0.155 e. The van der Waals surface area contributed by atoms with Crippen LogP contribution in [0.15, 0.2) is 9.98 Å². The van der Waals surface area contributed by atoms with E-state index in [1.165, 1.54) is 0 Å². The van der Waals surface area contributed by atoms with Crippen LogP contribution in [0.3, 0.4) is 0 Å². The number of nitrogens with zero attached hydrogens (tertiary/aromatic N) is 1. The molecule has 1 rings (SSSR count). The Morgan fingerprint density at radius 3 is 2.71 bits per heavy atom. The standard InChI is InChI=1S/C3HBrINS/c4-2-1-7-3(5)6-2/h1H. The van der Waals surface area contributed by atoms with E-state index in [1.807, 2.05) is 5.38 Å². The van der Waals surface area contributed by atoms with Gasteiger partial charge in [-0.05, 0) is 38.5 Å². The van der Waals surface area contributed by atoms with Crippen molar-refractivity contribution < 1.29 is 0 Å². The average molecular weight is 290 g/mol. The van der Waals surface area contributed by atoms with Crippen LogP contribution in [0.25, 0.3) is 0 Å². The molecule has 4 heteroatoms. The average Bonchev–Trinajstić information content (AvgIpc) is 1.87. The smallest absolute Gasteiger partial charge is 0.155 e. The Morgan fingerprint density at radius 2 is 2.57 bits per heavy atom. The first-order valence-corrected chi connectivity index (χ1v) is 4.31. The molecule has 0 aromatic carbocycles. The lowest BCUT2D eigenvalue weighted by Gasteiger charge is -1.67. The van der Waals surface area contributed by atoms with Gasteiger partial charge in [-0.2, -0.15) is 0 Å². The van der Waals surface area contributed by atoms with Crippen molar-refractivity contribution in [1.82, 2.24) is 4.98 Å². The van der Waals surface area contributed by atoms with Crippen molar-refractivity contribution in [3.63, 3.8) is 0 Å². The number of aromatic nitrogens is 1. The molecule has 0 N–H and O–H groups in total. The Hall–Kier alpha value is 0.840. The largest absolute Gasteiger partial charge is 0.223 e. The summed E-state index contributed by atoms with van der Waals surface area (Å²) in [6.45, 7) is 0. The van der Waals surface area contributed by atoms with Crippen molar-refractivity contribution in [3.05, 3.63) is 13.0 Å². The van der Waals surface area contributed by atoms with Gasteiger partial charge in [-0.15, -0.1) is 11.3 Å². The molecule has 1 aromatic heterocycles. The number of thiazole rings is 1. The number of rotatable bonds is 0. The second-order valence-corrected chi connectivity index (χ2v) is 4.35. The molecule has 0 radical (unpaired) electrons. The second kappa shape index (κ2) is 2.41. The van der Waals surface area contributed by atoms with Gasteiger partial charge in [0.25, 0.3) is 0 Å². The Morgan fingerprint density at radius 1 is 1.86 bits per heavy atom. The van der Waals surface area contributed by atoms with Crippen LogP contribution in [0.2, 0.25) is 0 Å². The third kappa shape index (κ3) is 1.65. The van der Waals surface area contributed by atoms with Crippen LogP contribution < -0.4 is 0 Å². The minimum atomic E-state index is 0.932. The van der Waals surface area contributed by atoms with Gasteiger partial charge in [-0.3, -0.25) is 0 Å². The Balaban J connectivity index is 3.04. The highest BCUT2D eigenvalue weighted by atomic mass is 127. The molecule has 0 saturated carbocycles. The Bertz CT molecular complexity index is 147. The summed E-state index contributed by atoms with van der Waals surface area (Å²) in [5, 5.41) is 1.96. The van der Waals surface area contributed by atoms with Gasteiger partial charge in [0.2, 0.25) is 0 Å². The summed E-state index contributed by atoms with van der Waals surface area (Å²) >= 11 is 7.04. The molecule has 0 atom stereocenters. The quantitative estimate of drug-likeness (QED) is 0.669. The minimum absolute atomic E-state index is 0.932. The lowest BCUT2D eigenvalue weighted by molar-refractivity contribution is 1.32. The molecule has 1 nitrogen and oxygen atoms in total. The normalized spacial score (nSPS) is 9.43. The SMILES string of the molecule is Brc1csc(I)n1. The van der Waals surface area contributed by atoms with Crippen molar-refractivity contribution >= 4 is 49.9 Å². The van der Waals surface area contributed by atoms with E-state index in [0.717, 1.165) is 7.62 Å². The van der Waals surface area contributed by atoms with Crippen molar-refractivity contribution in [2.45, 2.75) is 0 Å². The summed E-state index contributed by atoms with van der Waals surface area (Å²) in [6, 6.07) is 0. The lowest BCUT2D eigenvalue weighted by Crippen LogP contribution is -1.60. The maximum absolute atomic E-state index is 4.03. The number of halogens is 2. The zero-order chi connectivity index (χ0) is 5.28. The van der Waals surface area contributed by atoms with Crippen LogP contribution in [0.1, 0.15) is 0 Å². The third-order valence-corrected chi connectivity index (χ3v) is 2.79. The molecular formula is C3HBrINS. The molecule has 0 aliphatic heterocycles. The van der Waals surface area contributed by atoms with Crippen molar-refractivity contribution in [3.8, 4) is 0 Å². The van der Waals surface area contributed by atoms with E-state index in [9.17, 15) is 0 Å². The van der Waals surface area contributed by atoms with E-state index >= 15 is 0 Å². The van der Waals surface area contributed by atoms with Gasteiger partial charge >= 0.3 is 0 Å².